The Bertz CT molecular complexity index is 789. The van der Waals surface area contributed by atoms with E-state index in [4.69, 9.17) is 4.74 Å². The van der Waals surface area contributed by atoms with Gasteiger partial charge in [0.1, 0.15) is 5.75 Å². The Hall–Kier alpha value is -3.35. The molecule has 0 aliphatic rings. The van der Waals surface area contributed by atoms with Crippen LogP contribution in [0.15, 0.2) is 48.5 Å². The molecule has 7 nitrogen and oxygen atoms in total. The predicted molar refractivity (Wildman–Crippen MR) is 91.7 cm³/mol. The number of carbonyl (C=O) groups is 3. The standard InChI is InChI=1S/C18H18N2O5/c1-24-15-10-6-4-8-13(15)17(22)19-11-16(21)20-14-9-5-3-7-12(14)18(23)25-2/h3-10H,11H2,1-2H3,(H,19,22)(H,20,21). The van der Waals surface area contributed by atoms with Gasteiger partial charge in [0.25, 0.3) is 5.91 Å². The molecule has 0 heterocycles. The van der Waals surface area contributed by atoms with E-state index in [1.165, 1.54) is 20.3 Å². The summed E-state index contributed by atoms with van der Waals surface area (Å²) in [6.07, 6.45) is 0. The van der Waals surface area contributed by atoms with Crippen molar-refractivity contribution < 1.29 is 23.9 Å². The van der Waals surface area contributed by atoms with E-state index in [-0.39, 0.29) is 12.1 Å². The highest BCUT2D eigenvalue weighted by Gasteiger charge is 2.15. The second kappa shape index (κ2) is 8.49. The number of hydrogen-bond acceptors (Lipinski definition) is 5. The maximum Gasteiger partial charge on any atom is 0.339 e. The van der Waals surface area contributed by atoms with Crippen molar-refractivity contribution in [3.05, 3.63) is 59.7 Å². The van der Waals surface area contributed by atoms with Crippen molar-refractivity contribution >= 4 is 23.5 Å². The summed E-state index contributed by atoms with van der Waals surface area (Å²) < 4.78 is 9.78. The van der Waals surface area contributed by atoms with Crippen LogP contribution in [0.1, 0.15) is 20.7 Å². The van der Waals surface area contributed by atoms with Crippen molar-refractivity contribution in [2.45, 2.75) is 0 Å². The molecule has 0 aromatic heterocycles. The number of methoxy groups -OCH3 is 2. The zero-order valence-electron chi connectivity index (χ0n) is 13.9. The first-order chi connectivity index (χ1) is 12.1. The molecule has 2 aromatic carbocycles. The molecular formula is C18H18N2O5. The zero-order chi connectivity index (χ0) is 18.2. The molecule has 0 atom stereocenters. The van der Waals surface area contributed by atoms with Gasteiger partial charge in [-0.05, 0) is 24.3 Å². The number of benzene rings is 2. The van der Waals surface area contributed by atoms with Crippen molar-refractivity contribution in [1.82, 2.24) is 5.32 Å². The number of anilines is 1. The van der Waals surface area contributed by atoms with Gasteiger partial charge >= 0.3 is 5.97 Å². The van der Waals surface area contributed by atoms with E-state index < -0.39 is 17.8 Å². The average Bonchev–Trinajstić information content (AvgIpc) is 2.65. The van der Waals surface area contributed by atoms with Gasteiger partial charge in [0.15, 0.2) is 0 Å². The number of carbonyl (C=O) groups excluding carboxylic acids is 3. The SMILES string of the molecule is COC(=O)c1ccccc1NC(=O)CNC(=O)c1ccccc1OC. The second-order valence-corrected chi connectivity index (χ2v) is 4.97. The quantitative estimate of drug-likeness (QED) is 0.782. The van der Waals surface area contributed by atoms with Gasteiger partial charge in [0.2, 0.25) is 5.91 Å². The van der Waals surface area contributed by atoms with Crippen LogP contribution in [-0.4, -0.2) is 38.5 Å². The predicted octanol–water partition coefficient (Wildman–Crippen LogP) is 1.85. The molecule has 2 aromatic rings. The molecule has 2 amide bonds. The largest absolute Gasteiger partial charge is 0.496 e. The van der Waals surface area contributed by atoms with Gasteiger partial charge in [-0.2, -0.15) is 0 Å². The lowest BCUT2D eigenvalue weighted by atomic mass is 10.1. The Kier molecular flexibility index (Phi) is 6.11. The van der Waals surface area contributed by atoms with Gasteiger partial charge in [-0.3, -0.25) is 9.59 Å². The summed E-state index contributed by atoms with van der Waals surface area (Å²) in [5, 5.41) is 5.08. The lowest BCUT2D eigenvalue weighted by Crippen LogP contribution is -2.33. The van der Waals surface area contributed by atoms with Gasteiger partial charge in [0.05, 0.1) is 37.6 Å². The first-order valence-electron chi connectivity index (χ1n) is 7.45. The Morgan fingerprint density at radius 2 is 1.56 bits per heavy atom. The van der Waals surface area contributed by atoms with Crippen LogP contribution in [0, 0.1) is 0 Å². The third kappa shape index (κ3) is 4.57. The molecule has 0 aliphatic heterocycles. The highest BCUT2D eigenvalue weighted by molar-refractivity contribution is 6.04. The number of amides is 2. The summed E-state index contributed by atoms with van der Waals surface area (Å²) in [4.78, 5) is 35.9. The summed E-state index contributed by atoms with van der Waals surface area (Å²) >= 11 is 0. The second-order valence-electron chi connectivity index (χ2n) is 4.97. The van der Waals surface area contributed by atoms with E-state index in [1.54, 1.807) is 42.5 Å². The fraction of sp³-hybridized carbons (Fsp3) is 0.167. The van der Waals surface area contributed by atoms with Gasteiger partial charge in [-0.25, -0.2) is 4.79 Å². The van der Waals surface area contributed by atoms with E-state index in [0.717, 1.165) is 0 Å². The molecule has 2 N–H and O–H groups in total. The third-order valence-corrected chi connectivity index (χ3v) is 3.37. The lowest BCUT2D eigenvalue weighted by molar-refractivity contribution is -0.115. The number of esters is 1. The molecule has 0 spiro atoms. The van der Waals surface area contributed by atoms with E-state index in [1.807, 2.05) is 0 Å². The fourth-order valence-corrected chi connectivity index (χ4v) is 2.16. The van der Waals surface area contributed by atoms with Crippen LogP contribution < -0.4 is 15.4 Å². The molecular weight excluding hydrogens is 324 g/mol. The van der Waals surface area contributed by atoms with E-state index in [0.29, 0.717) is 17.0 Å². The highest BCUT2D eigenvalue weighted by Crippen LogP contribution is 2.17. The van der Waals surface area contributed by atoms with E-state index in [9.17, 15) is 14.4 Å². The maximum absolute atomic E-state index is 12.2. The monoisotopic (exact) mass is 342 g/mol. The average molecular weight is 342 g/mol. The summed E-state index contributed by atoms with van der Waals surface area (Å²) in [5.74, 6) is -1.06. The number of ether oxygens (including phenoxy) is 2. The normalized spacial score (nSPS) is 9.84. The van der Waals surface area contributed by atoms with Crippen molar-refractivity contribution in [3.63, 3.8) is 0 Å². The summed E-state index contributed by atoms with van der Waals surface area (Å²) in [6.45, 7) is -0.258. The molecule has 2 rings (SSSR count). The number of nitrogens with one attached hydrogen (secondary N) is 2. The Morgan fingerprint density at radius 3 is 2.24 bits per heavy atom. The smallest absolute Gasteiger partial charge is 0.339 e. The molecule has 7 heteroatoms. The number of hydrogen-bond donors (Lipinski definition) is 2. The Morgan fingerprint density at radius 1 is 0.920 bits per heavy atom. The molecule has 0 bridgehead atoms. The number of rotatable bonds is 6. The van der Waals surface area contributed by atoms with Crippen LogP contribution in [0.25, 0.3) is 0 Å². The molecule has 0 radical (unpaired) electrons. The lowest BCUT2D eigenvalue weighted by Gasteiger charge is -2.11. The third-order valence-electron chi connectivity index (χ3n) is 3.37. The molecule has 0 saturated heterocycles. The van der Waals surface area contributed by atoms with Gasteiger partial charge < -0.3 is 20.1 Å². The van der Waals surface area contributed by atoms with Gasteiger partial charge in [0, 0.05) is 0 Å². The zero-order valence-corrected chi connectivity index (χ0v) is 13.9. The van der Waals surface area contributed by atoms with Gasteiger partial charge in [-0.1, -0.05) is 24.3 Å². The minimum absolute atomic E-state index is 0.231. The summed E-state index contributed by atoms with van der Waals surface area (Å²) in [5.41, 5.74) is 0.869. The van der Waals surface area contributed by atoms with Crippen LogP contribution in [0.2, 0.25) is 0 Å². The van der Waals surface area contributed by atoms with Crippen LogP contribution in [-0.2, 0) is 9.53 Å². The topological polar surface area (TPSA) is 93.7 Å². The van der Waals surface area contributed by atoms with Gasteiger partial charge in [-0.15, -0.1) is 0 Å². The Balaban J connectivity index is 2.00. The van der Waals surface area contributed by atoms with E-state index in [2.05, 4.69) is 15.4 Å². The minimum atomic E-state index is -0.561. The van der Waals surface area contributed by atoms with Crippen molar-refractivity contribution in [3.8, 4) is 5.75 Å². The first kappa shape index (κ1) is 18.0. The van der Waals surface area contributed by atoms with Crippen molar-refractivity contribution in [2.24, 2.45) is 0 Å². The van der Waals surface area contributed by atoms with Crippen LogP contribution in [0.4, 0.5) is 5.69 Å². The minimum Gasteiger partial charge on any atom is -0.496 e. The summed E-state index contributed by atoms with van der Waals surface area (Å²) in [6, 6.07) is 13.1. The first-order valence-corrected chi connectivity index (χ1v) is 7.45. The molecule has 0 fully saturated rings. The molecule has 130 valence electrons. The van der Waals surface area contributed by atoms with Crippen LogP contribution >= 0.6 is 0 Å². The van der Waals surface area contributed by atoms with Crippen LogP contribution in [0.3, 0.4) is 0 Å². The molecule has 0 unspecified atom stereocenters. The van der Waals surface area contributed by atoms with E-state index >= 15 is 0 Å². The molecule has 0 aliphatic carbocycles. The van der Waals surface area contributed by atoms with Crippen molar-refractivity contribution in [2.75, 3.05) is 26.1 Å². The Labute approximate surface area is 144 Å². The molecule has 25 heavy (non-hydrogen) atoms. The highest BCUT2D eigenvalue weighted by atomic mass is 16.5. The van der Waals surface area contributed by atoms with Crippen LogP contribution in [0.5, 0.6) is 5.75 Å². The van der Waals surface area contributed by atoms with Crippen molar-refractivity contribution in [1.29, 1.82) is 0 Å². The number of para-hydroxylation sites is 2. The molecule has 0 saturated carbocycles. The summed E-state index contributed by atoms with van der Waals surface area (Å²) in [7, 11) is 2.72. The maximum atomic E-state index is 12.2. The fourth-order valence-electron chi connectivity index (χ4n) is 2.16.